The van der Waals surface area contributed by atoms with Gasteiger partial charge in [0.2, 0.25) is 11.8 Å². The number of pyridine rings is 1. The third-order valence-electron chi connectivity index (χ3n) is 4.75. The van der Waals surface area contributed by atoms with Gasteiger partial charge in [-0.3, -0.25) is 9.59 Å². The van der Waals surface area contributed by atoms with E-state index in [1.165, 1.54) is 6.92 Å². The van der Waals surface area contributed by atoms with Crippen molar-refractivity contribution < 1.29 is 14.3 Å². The fraction of sp³-hybridized carbons (Fsp3) is 0.381. The van der Waals surface area contributed by atoms with Gasteiger partial charge in [-0.15, -0.1) is 0 Å². The molecule has 0 unspecified atom stereocenters. The Morgan fingerprint density at radius 3 is 2.54 bits per heavy atom. The van der Waals surface area contributed by atoms with Gasteiger partial charge in [-0.05, 0) is 42.7 Å². The monoisotopic (exact) mass is 382 g/mol. The Kier molecular flexibility index (Phi) is 6.47. The molecular weight excluding hydrogens is 356 g/mol. The van der Waals surface area contributed by atoms with Crippen molar-refractivity contribution >= 4 is 23.3 Å². The van der Waals surface area contributed by atoms with Crippen molar-refractivity contribution in [2.45, 2.75) is 32.2 Å². The second kappa shape index (κ2) is 9.21. The van der Waals surface area contributed by atoms with Crippen LogP contribution in [-0.2, 0) is 9.59 Å². The maximum atomic E-state index is 12.7. The summed E-state index contributed by atoms with van der Waals surface area (Å²) in [5.74, 6) is 1.16. The quantitative estimate of drug-likeness (QED) is 0.769. The average Bonchev–Trinajstić information content (AvgIpc) is 3.22. The molecule has 28 heavy (non-hydrogen) atoms. The highest BCUT2D eigenvalue weighted by atomic mass is 16.5. The van der Waals surface area contributed by atoms with Crippen LogP contribution in [0.25, 0.3) is 0 Å². The van der Waals surface area contributed by atoms with Crippen LogP contribution in [-0.4, -0.2) is 37.0 Å². The van der Waals surface area contributed by atoms with E-state index in [9.17, 15) is 9.59 Å². The Bertz CT molecular complexity index is 817. The zero-order valence-electron chi connectivity index (χ0n) is 16.3. The first-order valence-electron chi connectivity index (χ1n) is 9.47. The number of aromatic nitrogens is 1. The average molecular weight is 382 g/mol. The molecule has 1 aliphatic heterocycles. The number of ether oxygens (including phenoxy) is 1. The molecule has 1 fully saturated rings. The highest BCUT2D eigenvalue weighted by molar-refractivity contribution is 5.94. The van der Waals surface area contributed by atoms with Crippen LogP contribution in [0.1, 0.15) is 37.8 Å². The van der Waals surface area contributed by atoms with Crippen molar-refractivity contribution in [1.82, 2.24) is 10.3 Å². The van der Waals surface area contributed by atoms with Gasteiger partial charge in [-0.1, -0.05) is 12.1 Å². The lowest BCUT2D eigenvalue weighted by molar-refractivity contribution is -0.120. The largest absolute Gasteiger partial charge is 0.497 e. The van der Waals surface area contributed by atoms with Crippen molar-refractivity contribution in [3.63, 3.8) is 0 Å². The highest BCUT2D eigenvalue weighted by Crippen LogP contribution is 2.27. The smallest absolute Gasteiger partial charge is 0.226 e. The number of carbonyl (C=O) groups excluding carboxylic acids is 2. The number of hydrogen-bond donors (Lipinski definition) is 2. The van der Waals surface area contributed by atoms with E-state index in [0.29, 0.717) is 5.69 Å². The van der Waals surface area contributed by atoms with Crippen LogP contribution in [0, 0.1) is 0 Å². The third kappa shape index (κ3) is 5.00. The molecule has 3 rings (SSSR count). The Morgan fingerprint density at radius 1 is 1.18 bits per heavy atom. The molecule has 0 bridgehead atoms. The minimum atomic E-state index is -0.421. The van der Waals surface area contributed by atoms with E-state index in [4.69, 9.17) is 4.74 Å². The van der Waals surface area contributed by atoms with Gasteiger partial charge < -0.3 is 20.3 Å². The summed E-state index contributed by atoms with van der Waals surface area (Å²) in [7, 11) is 1.60. The number of carbonyl (C=O) groups is 2. The van der Waals surface area contributed by atoms with Crippen molar-refractivity contribution in [3.05, 3.63) is 48.2 Å². The zero-order chi connectivity index (χ0) is 19.9. The number of amides is 2. The standard InChI is InChI=1S/C21H26N4O3/c1-15(26)23-19(16-7-9-17(28-2)10-8-16)14-20(27)24-18-6-5-11-22-21(18)25-12-3-4-13-25/h5-11,19H,3-4,12-14H2,1-2H3,(H,23,26)(H,24,27)/t19-/m1/s1. The number of rotatable bonds is 7. The molecule has 2 amide bonds. The molecule has 1 aromatic heterocycles. The van der Waals surface area contributed by atoms with E-state index in [-0.39, 0.29) is 18.2 Å². The molecular formula is C21H26N4O3. The number of anilines is 2. The van der Waals surface area contributed by atoms with E-state index >= 15 is 0 Å². The minimum Gasteiger partial charge on any atom is -0.497 e. The summed E-state index contributed by atoms with van der Waals surface area (Å²) in [6.45, 7) is 3.33. The Hall–Kier alpha value is -3.09. The van der Waals surface area contributed by atoms with E-state index in [0.717, 1.165) is 43.1 Å². The molecule has 7 heteroatoms. The first kappa shape index (κ1) is 19.7. The maximum absolute atomic E-state index is 12.7. The molecule has 7 nitrogen and oxygen atoms in total. The van der Waals surface area contributed by atoms with E-state index in [1.807, 2.05) is 36.4 Å². The van der Waals surface area contributed by atoms with Gasteiger partial charge in [-0.2, -0.15) is 0 Å². The van der Waals surface area contributed by atoms with Crippen molar-refractivity contribution in [1.29, 1.82) is 0 Å². The summed E-state index contributed by atoms with van der Waals surface area (Å²) in [6.07, 6.45) is 4.12. The fourth-order valence-corrected chi connectivity index (χ4v) is 3.40. The normalized spacial score (nSPS) is 14.4. The molecule has 0 spiro atoms. The molecule has 0 radical (unpaired) electrons. The predicted octanol–water partition coefficient (Wildman–Crippen LogP) is 2.90. The number of nitrogens with zero attached hydrogens (tertiary/aromatic N) is 2. The summed E-state index contributed by atoms with van der Waals surface area (Å²) < 4.78 is 5.17. The molecule has 1 atom stereocenters. The van der Waals surface area contributed by atoms with Crippen LogP contribution < -0.4 is 20.3 Å². The lowest BCUT2D eigenvalue weighted by Crippen LogP contribution is -2.30. The lowest BCUT2D eigenvalue weighted by atomic mass is 10.0. The zero-order valence-corrected chi connectivity index (χ0v) is 16.3. The summed E-state index contributed by atoms with van der Waals surface area (Å²) in [5.41, 5.74) is 1.54. The van der Waals surface area contributed by atoms with Crippen LogP contribution in [0.2, 0.25) is 0 Å². The highest BCUT2D eigenvalue weighted by Gasteiger charge is 2.21. The molecule has 0 aliphatic carbocycles. The van der Waals surface area contributed by atoms with Gasteiger partial charge in [0.25, 0.3) is 0 Å². The molecule has 0 saturated carbocycles. The first-order chi connectivity index (χ1) is 13.6. The topological polar surface area (TPSA) is 83.6 Å². The van der Waals surface area contributed by atoms with Crippen molar-refractivity contribution in [2.24, 2.45) is 0 Å². The summed E-state index contributed by atoms with van der Waals surface area (Å²) in [5, 5.41) is 5.82. The molecule has 1 saturated heterocycles. The lowest BCUT2D eigenvalue weighted by Gasteiger charge is -2.21. The molecule has 2 N–H and O–H groups in total. The minimum absolute atomic E-state index is 0.125. The van der Waals surface area contributed by atoms with Gasteiger partial charge in [-0.25, -0.2) is 4.98 Å². The van der Waals surface area contributed by atoms with E-state index in [2.05, 4.69) is 20.5 Å². The van der Waals surface area contributed by atoms with Crippen LogP contribution in [0.5, 0.6) is 5.75 Å². The van der Waals surface area contributed by atoms with Gasteiger partial charge in [0.1, 0.15) is 5.75 Å². The number of nitrogens with one attached hydrogen (secondary N) is 2. The summed E-state index contributed by atoms with van der Waals surface area (Å²) >= 11 is 0. The van der Waals surface area contributed by atoms with E-state index < -0.39 is 6.04 Å². The second-order valence-electron chi connectivity index (χ2n) is 6.85. The SMILES string of the molecule is COc1ccc([C@@H](CC(=O)Nc2cccnc2N2CCCC2)NC(C)=O)cc1. The number of hydrogen-bond acceptors (Lipinski definition) is 5. The Morgan fingerprint density at radius 2 is 1.89 bits per heavy atom. The number of methoxy groups -OCH3 is 1. The molecule has 1 aliphatic rings. The Balaban J connectivity index is 1.72. The molecule has 2 aromatic rings. The van der Waals surface area contributed by atoms with Gasteiger partial charge in [0.15, 0.2) is 5.82 Å². The van der Waals surface area contributed by atoms with Gasteiger partial charge in [0, 0.05) is 26.2 Å². The second-order valence-corrected chi connectivity index (χ2v) is 6.85. The van der Waals surface area contributed by atoms with Gasteiger partial charge >= 0.3 is 0 Å². The van der Waals surface area contributed by atoms with E-state index in [1.54, 1.807) is 13.3 Å². The van der Waals surface area contributed by atoms with Crippen LogP contribution in [0.15, 0.2) is 42.6 Å². The first-order valence-corrected chi connectivity index (χ1v) is 9.47. The van der Waals surface area contributed by atoms with Gasteiger partial charge in [0.05, 0.1) is 25.3 Å². The summed E-state index contributed by atoms with van der Waals surface area (Å²) in [6, 6.07) is 10.6. The van der Waals surface area contributed by atoms with Crippen LogP contribution >= 0.6 is 0 Å². The fourth-order valence-electron chi connectivity index (χ4n) is 3.40. The third-order valence-corrected chi connectivity index (χ3v) is 4.75. The molecule has 1 aromatic carbocycles. The van der Waals surface area contributed by atoms with Crippen LogP contribution in [0.4, 0.5) is 11.5 Å². The number of benzene rings is 1. The molecule has 2 heterocycles. The molecule has 148 valence electrons. The predicted molar refractivity (Wildman–Crippen MR) is 108 cm³/mol. The van der Waals surface area contributed by atoms with Crippen molar-refractivity contribution in [2.75, 3.05) is 30.4 Å². The van der Waals surface area contributed by atoms with Crippen LogP contribution in [0.3, 0.4) is 0 Å². The maximum Gasteiger partial charge on any atom is 0.226 e. The van der Waals surface area contributed by atoms with Crippen molar-refractivity contribution in [3.8, 4) is 5.75 Å². The Labute approximate surface area is 165 Å². The summed E-state index contributed by atoms with van der Waals surface area (Å²) in [4.78, 5) is 31.0.